The molecule has 148 valence electrons. The van der Waals surface area contributed by atoms with E-state index >= 15 is 0 Å². The molecule has 1 amide bonds. The maximum Gasteiger partial charge on any atom is 0.255 e. The minimum Gasteiger partial charge on any atom is -0.507 e. The highest BCUT2D eigenvalue weighted by molar-refractivity contribution is 14.0. The van der Waals surface area contributed by atoms with Crippen molar-refractivity contribution < 1.29 is 14.3 Å². The van der Waals surface area contributed by atoms with Gasteiger partial charge in [-0.1, -0.05) is 12.1 Å². The topological polar surface area (TPSA) is 112 Å². The monoisotopic (exact) mass is 487 g/mol. The SMILES string of the molecule is CCNC(=NCc1nc(C)c(C)o1)NCCNC(=O)c1ccccc1O.I. The van der Waals surface area contributed by atoms with E-state index in [2.05, 4.69) is 25.9 Å². The Hall–Kier alpha value is -2.30. The standard InChI is InChI=1S/C18H25N5O3.HI/c1-4-19-18(22-11-16-23-12(2)13(3)26-16)21-10-9-20-17(25)14-7-5-6-8-15(14)24;/h5-8,24H,4,9-11H2,1-3H3,(H,20,25)(H2,19,21,22);1H. The Morgan fingerprint density at radius 3 is 2.52 bits per heavy atom. The van der Waals surface area contributed by atoms with E-state index in [-0.39, 0.29) is 41.2 Å². The highest BCUT2D eigenvalue weighted by atomic mass is 127. The number of carbonyl (C=O) groups excluding carboxylic acids is 1. The first-order valence-electron chi connectivity index (χ1n) is 8.52. The summed E-state index contributed by atoms with van der Waals surface area (Å²) in [5.41, 5.74) is 1.11. The van der Waals surface area contributed by atoms with E-state index in [1.165, 1.54) is 6.07 Å². The number of nitrogens with one attached hydrogen (secondary N) is 3. The van der Waals surface area contributed by atoms with Crippen molar-refractivity contribution in [3.63, 3.8) is 0 Å². The van der Waals surface area contributed by atoms with Crippen molar-refractivity contribution in [2.75, 3.05) is 19.6 Å². The Morgan fingerprint density at radius 1 is 1.19 bits per heavy atom. The number of halogens is 1. The number of benzene rings is 1. The molecule has 27 heavy (non-hydrogen) atoms. The fourth-order valence-corrected chi connectivity index (χ4v) is 2.21. The molecule has 0 aliphatic carbocycles. The number of carbonyl (C=O) groups is 1. The number of phenolic OH excluding ortho intramolecular Hbond substituents is 1. The highest BCUT2D eigenvalue weighted by Crippen LogP contribution is 2.14. The summed E-state index contributed by atoms with van der Waals surface area (Å²) in [4.78, 5) is 20.7. The number of aliphatic imine (C=N–C) groups is 1. The minimum absolute atomic E-state index is 0. The first kappa shape index (κ1) is 22.7. The van der Waals surface area contributed by atoms with Crippen LogP contribution in [-0.2, 0) is 6.54 Å². The predicted octanol–water partition coefficient (Wildman–Crippen LogP) is 2.10. The zero-order valence-electron chi connectivity index (χ0n) is 15.7. The van der Waals surface area contributed by atoms with Crippen LogP contribution in [-0.4, -0.2) is 41.6 Å². The Balaban J connectivity index is 0.00000364. The van der Waals surface area contributed by atoms with E-state index in [1.807, 2.05) is 20.8 Å². The fraction of sp³-hybridized carbons (Fsp3) is 0.389. The molecule has 0 fully saturated rings. The number of hydrogen-bond acceptors (Lipinski definition) is 5. The van der Waals surface area contributed by atoms with E-state index in [0.29, 0.717) is 38.0 Å². The van der Waals surface area contributed by atoms with Gasteiger partial charge in [0.05, 0.1) is 11.3 Å². The third-order valence-electron chi connectivity index (χ3n) is 3.64. The van der Waals surface area contributed by atoms with Crippen LogP contribution < -0.4 is 16.0 Å². The third kappa shape index (κ3) is 7.08. The molecule has 0 saturated carbocycles. The second kappa shape index (κ2) is 11.4. The average molecular weight is 487 g/mol. The minimum atomic E-state index is -0.322. The summed E-state index contributed by atoms with van der Waals surface area (Å²) in [5.74, 6) is 1.60. The van der Waals surface area contributed by atoms with E-state index in [1.54, 1.807) is 18.2 Å². The van der Waals surface area contributed by atoms with Crippen LogP contribution in [0.25, 0.3) is 0 Å². The molecule has 0 aliphatic rings. The molecule has 1 aromatic heterocycles. The number of phenols is 1. The molecular formula is C18H26IN5O3. The summed E-state index contributed by atoms with van der Waals surface area (Å²) in [6, 6.07) is 6.43. The number of aromatic hydroxyl groups is 1. The lowest BCUT2D eigenvalue weighted by atomic mass is 10.2. The summed E-state index contributed by atoms with van der Waals surface area (Å²) in [5, 5.41) is 18.7. The van der Waals surface area contributed by atoms with Crippen LogP contribution in [0.3, 0.4) is 0 Å². The number of oxazole rings is 1. The number of amides is 1. The van der Waals surface area contributed by atoms with Crippen LogP contribution in [0.15, 0.2) is 33.7 Å². The number of aromatic nitrogens is 1. The van der Waals surface area contributed by atoms with Crippen molar-refractivity contribution >= 4 is 35.8 Å². The zero-order valence-corrected chi connectivity index (χ0v) is 18.0. The molecule has 0 spiro atoms. The summed E-state index contributed by atoms with van der Waals surface area (Å²) >= 11 is 0. The maximum absolute atomic E-state index is 12.0. The smallest absolute Gasteiger partial charge is 0.255 e. The van der Waals surface area contributed by atoms with Gasteiger partial charge in [-0.3, -0.25) is 4.79 Å². The third-order valence-corrected chi connectivity index (χ3v) is 3.64. The van der Waals surface area contributed by atoms with Crippen LogP contribution in [0.2, 0.25) is 0 Å². The maximum atomic E-state index is 12.0. The lowest BCUT2D eigenvalue weighted by molar-refractivity contribution is 0.0951. The first-order valence-corrected chi connectivity index (χ1v) is 8.52. The van der Waals surface area contributed by atoms with Crippen molar-refractivity contribution in [3.05, 3.63) is 47.2 Å². The predicted molar refractivity (Wildman–Crippen MR) is 115 cm³/mol. The molecule has 0 bridgehead atoms. The van der Waals surface area contributed by atoms with Crippen molar-refractivity contribution in [1.29, 1.82) is 0 Å². The van der Waals surface area contributed by atoms with Crippen molar-refractivity contribution in [1.82, 2.24) is 20.9 Å². The van der Waals surface area contributed by atoms with Gasteiger partial charge in [-0.05, 0) is 32.9 Å². The Kier molecular flexibility index (Phi) is 9.62. The fourth-order valence-electron chi connectivity index (χ4n) is 2.21. The molecule has 2 rings (SSSR count). The van der Waals surface area contributed by atoms with Gasteiger partial charge in [-0.2, -0.15) is 0 Å². The number of aryl methyl sites for hydroxylation is 2. The van der Waals surface area contributed by atoms with E-state index < -0.39 is 0 Å². The molecule has 0 saturated heterocycles. The number of rotatable bonds is 7. The quantitative estimate of drug-likeness (QED) is 0.206. The molecule has 8 nitrogen and oxygen atoms in total. The van der Waals surface area contributed by atoms with Crippen LogP contribution >= 0.6 is 24.0 Å². The number of guanidine groups is 1. The number of nitrogens with zero attached hydrogens (tertiary/aromatic N) is 2. The van der Waals surface area contributed by atoms with Gasteiger partial charge in [0.25, 0.3) is 5.91 Å². The van der Waals surface area contributed by atoms with Crippen LogP contribution in [0.4, 0.5) is 0 Å². The van der Waals surface area contributed by atoms with Gasteiger partial charge in [-0.15, -0.1) is 24.0 Å². The number of para-hydroxylation sites is 1. The Labute approximate surface area is 175 Å². The van der Waals surface area contributed by atoms with Gasteiger partial charge in [0.15, 0.2) is 5.96 Å². The molecule has 1 aromatic carbocycles. The molecule has 0 atom stereocenters. The van der Waals surface area contributed by atoms with Gasteiger partial charge >= 0.3 is 0 Å². The second-order valence-corrected chi connectivity index (χ2v) is 5.64. The average Bonchev–Trinajstić information content (AvgIpc) is 2.94. The van der Waals surface area contributed by atoms with Crippen LogP contribution in [0, 0.1) is 13.8 Å². The van der Waals surface area contributed by atoms with E-state index in [9.17, 15) is 9.90 Å². The largest absolute Gasteiger partial charge is 0.507 e. The molecule has 4 N–H and O–H groups in total. The molecule has 2 aromatic rings. The summed E-state index contributed by atoms with van der Waals surface area (Å²) in [6.45, 7) is 7.63. The van der Waals surface area contributed by atoms with Crippen molar-refractivity contribution in [2.45, 2.75) is 27.3 Å². The summed E-state index contributed by atoms with van der Waals surface area (Å²) in [6.07, 6.45) is 0. The molecule has 0 radical (unpaired) electrons. The van der Waals surface area contributed by atoms with Gasteiger partial charge in [0, 0.05) is 19.6 Å². The molecular weight excluding hydrogens is 461 g/mol. The van der Waals surface area contributed by atoms with Gasteiger partial charge < -0.3 is 25.5 Å². The lowest BCUT2D eigenvalue weighted by Crippen LogP contribution is -2.41. The number of hydrogen-bond donors (Lipinski definition) is 4. The normalized spacial score (nSPS) is 10.9. The van der Waals surface area contributed by atoms with Gasteiger partial charge in [0.1, 0.15) is 18.1 Å². The lowest BCUT2D eigenvalue weighted by Gasteiger charge is -2.11. The Morgan fingerprint density at radius 2 is 1.89 bits per heavy atom. The molecule has 0 aliphatic heterocycles. The van der Waals surface area contributed by atoms with E-state index in [4.69, 9.17) is 4.42 Å². The van der Waals surface area contributed by atoms with Gasteiger partial charge in [0.2, 0.25) is 5.89 Å². The molecule has 1 heterocycles. The van der Waals surface area contributed by atoms with Crippen molar-refractivity contribution in [3.8, 4) is 5.75 Å². The first-order chi connectivity index (χ1) is 12.5. The molecule has 9 heteroatoms. The molecule has 0 unspecified atom stereocenters. The van der Waals surface area contributed by atoms with E-state index in [0.717, 1.165) is 11.5 Å². The van der Waals surface area contributed by atoms with Crippen molar-refractivity contribution in [2.24, 2.45) is 4.99 Å². The Bertz CT molecular complexity index is 757. The summed E-state index contributed by atoms with van der Waals surface area (Å²) in [7, 11) is 0. The highest BCUT2D eigenvalue weighted by Gasteiger charge is 2.09. The summed E-state index contributed by atoms with van der Waals surface area (Å²) < 4.78 is 5.51. The van der Waals surface area contributed by atoms with Crippen LogP contribution in [0.1, 0.15) is 34.6 Å². The van der Waals surface area contributed by atoms with Gasteiger partial charge in [-0.25, -0.2) is 9.98 Å². The van der Waals surface area contributed by atoms with Crippen LogP contribution in [0.5, 0.6) is 5.75 Å². The zero-order chi connectivity index (χ0) is 18.9. The second-order valence-electron chi connectivity index (χ2n) is 5.64.